The molecule has 2 saturated heterocycles. The van der Waals surface area contributed by atoms with Gasteiger partial charge in [0, 0.05) is 24.2 Å². The molecule has 1 saturated carbocycles. The van der Waals surface area contributed by atoms with Crippen LogP contribution in [0.5, 0.6) is 0 Å². The van der Waals surface area contributed by atoms with Crippen molar-refractivity contribution < 1.29 is 9.59 Å². The number of benzene rings is 1. The van der Waals surface area contributed by atoms with Crippen molar-refractivity contribution >= 4 is 24.2 Å². The SMILES string of the molecule is Cl.O=C(N[C@H]1CCCNC1)C1CC2CCCCC2N1C(=O)c1ccccc1. The summed E-state index contributed by atoms with van der Waals surface area (Å²) in [5.74, 6) is 0.524. The fourth-order valence-electron chi connectivity index (χ4n) is 4.99. The number of nitrogens with one attached hydrogen (secondary N) is 2. The smallest absolute Gasteiger partial charge is 0.254 e. The summed E-state index contributed by atoms with van der Waals surface area (Å²) in [6, 6.07) is 9.51. The summed E-state index contributed by atoms with van der Waals surface area (Å²) in [5.41, 5.74) is 0.691. The number of nitrogens with zero attached hydrogens (tertiary/aromatic N) is 1. The predicted molar refractivity (Wildman–Crippen MR) is 108 cm³/mol. The lowest BCUT2D eigenvalue weighted by Gasteiger charge is -2.34. The molecule has 2 aliphatic heterocycles. The molecule has 1 aromatic carbocycles. The molecule has 6 heteroatoms. The molecule has 2 heterocycles. The molecule has 1 aliphatic carbocycles. The van der Waals surface area contributed by atoms with E-state index in [2.05, 4.69) is 10.6 Å². The van der Waals surface area contributed by atoms with Crippen molar-refractivity contribution in [2.75, 3.05) is 13.1 Å². The van der Waals surface area contributed by atoms with Crippen molar-refractivity contribution in [3.05, 3.63) is 35.9 Å². The fraction of sp³-hybridized carbons (Fsp3) is 0.619. The Labute approximate surface area is 167 Å². The van der Waals surface area contributed by atoms with Gasteiger partial charge in [0.1, 0.15) is 6.04 Å². The molecular formula is C21H30ClN3O2. The molecule has 3 fully saturated rings. The van der Waals surface area contributed by atoms with Gasteiger partial charge in [-0.1, -0.05) is 31.0 Å². The molecule has 2 amide bonds. The number of amides is 2. The Balaban J connectivity index is 0.00000210. The van der Waals surface area contributed by atoms with Crippen molar-refractivity contribution in [2.45, 2.75) is 63.1 Å². The molecule has 3 aliphatic rings. The van der Waals surface area contributed by atoms with Crippen LogP contribution in [0.4, 0.5) is 0 Å². The van der Waals surface area contributed by atoms with Gasteiger partial charge in [0.25, 0.3) is 5.91 Å². The summed E-state index contributed by atoms with van der Waals surface area (Å²) >= 11 is 0. The van der Waals surface area contributed by atoms with Crippen molar-refractivity contribution in [1.29, 1.82) is 0 Å². The normalized spacial score (nSPS) is 30.1. The number of hydrogen-bond acceptors (Lipinski definition) is 3. The minimum atomic E-state index is -0.322. The molecule has 1 aromatic rings. The molecule has 27 heavy (non-hydrogen) atoms. The van der Waals surface area contributed by atoms with Gasteiger partial charge >= 0.3 is 0 Å². The quantitative estimate of drug-likeness (QED) is 0.832. The van der Waals surface area contributed by atoms with Crippen molar-refractivity contribution in [3.63, 3.8) is 0 Å². The standard InChI is InChI=1S/C21H29N3O2.ClH/c25-20(23-17-10-6-12-22-14-17)19-13-16-9-4-5-11-18(16)24(19)21(26)15-7-2-1-3-8-15;/h1-3,7-8,16-19,22H,4-6,9-14H2,(H,23,25);1H/t16?,17-,18?,19?;/m0./s1. The zero-order valence-corrected chi connectivity index (χ0v) is 16.5. The van der Waals surface area contributed by atoms with Gasteiger partial charge in [-0.15, -0.1) is 12.4 Å². The summed E-state index contributed by atoms with van der Waals surface area (Å²) in [6.45, 7) is 1.86. The van der Waals surface area contributed by atoms with Crippen LogP contribution in [0.15, 0.2) is 30.3 Å². The van der Waals surface area contributed by atoms with Crippen LogP contribution in [-0.4, -0.2) is 47.9 Å². The van der Waals surface area contributed by atoms with E-state index in [4.69, 9.17) is 0 Å². The molecule has 2 N–H and O–H groups in total. The van der Waals surface area contributed by atoms with E-state index < -0.39 is 0 Å². The van der Waals surface area contributed by atoms with Crippen LogP contribution in [0.3, 0.4) is 0 Å². The van der Waals surface area contributed by atoms with Crippen molar-refractivity contribution in [1.82, 2.24) is 15.5 Å². The summed E-state index contributed by atoms with van der Waals surface area (Å²) in [7, 11) is 0. The minimum Gasteiger partial charge on any atom is -0.350 e. The third-order valence-electron chi connectivity index (χ3n) is 6.29. The number of fused-ring (bicyclic) bond motifs is 1. The zero-order valence-electron chi connectivity index (χ0n) is 15.7. The number of likely N-dealkylation sites (tertiary alicyclic amines) is 1. The first-order valence-corrected chi connectivity index (χ1v) is 10.1. The summed E-state index contributed by atoms with van der Waals surface area (Å²) in [6.07, 6.45) is 7.46. The van der Waals surface area contributed by atoms with Gasteiger partial charge in [0.2, 0.25) is 5.91 Å². The van der Waals surface area contributed by atoms with E-state index in [9.17, 15) is 9.59 Å². The molecule has 3 unspecified atom stereocenters. The first-order valence-electron chi connectivity index (χ1n) is 10.1. The number of piperidine rings is 1. The Bertz CT molecular complexity index is 648. The monoisotopic (exact) mass is 391 g/mol. The third kappa shape index (κ3) is 4.30. The average Bonchev–Trinajstić information content (AvgIpc) is 3.08. The van der Waals surface area contributed by atoms with Crippen LogP contribution in [0.25, 0.3) is 0 Å². The van der Waals surface area contributed by atoms with E-state index >= 15 is 0 Å². The van der Waals surface area contributed by atoms with Gasteiger partial charge in [-0.2, -0.15) is 0 Å². The largest absolute Gasteiger partial charge is 0.350 e. The van der Waals surface area contributed by atoms with Crippen LogP contribution >= 0.6 is 12.4 Å². The van der Waals surface area contributed by atoms with Gasteiger partial charge in [0.15, 0.2) is 0 Å². The van der Waals surface area contributed by atoms with E-state index in [0.29, 0.717) is 11.5 Å². The number of carbonyl (C=O) groups is 2. The molecule has 0 spiro atoms. The van der Waals surface area contributed by atoms with Gasteiger partial charge in [-0.25, -0.2) is 0 Å². The highest BCUT2D eigenvalue weighted by molar-refractivity contribution is 5.98. The molecule has 4 rings (SSSR count). The Morgan fingerprint density at radius 3 is 2.56 bits per heavy atom. The number of halogens is 1. The van der Waals surface area contributed by atoms with E-state index in [0.717, 1.165) is 51.6 Å². The second kappa shape index (κ2) is 9.07. The first-order chi connectivity index (χ1) is 12.7. The van der Waals surface area contributed by atoms with Gasteiger partial charge in [-0.3, -0.25) is 9.59 Å². The highest BCUT2D eigenvalue weighted by atomic mass is 35.5. The molecule has 0 aromatic heterocycles. The Morgan fingerprint density at radius 1 is 1.04 bits per heavy atom. The van der Waals surface area contributed by atoms with E-state index in [-0.39, 0.29) is 42.3 Å². The van der Waals surface area contributed by atoms with Crippen molar-refractivity contribution in [3.8, 4) is 0 Å². The zero-order chi connectivity index (χ0) is 17.9. The predicted octanol–water partition coefficient (Wildman–Crippen LogP) is 2.75. The summed E-state index contributed by atoms with van der Waals surface area (Å²) in [4.78, 5) is 28.2. The van der Waals surface area contributed by atoms with E-state index in [1.165, 1.54) is 6.42 Å². The molecule has 4 atom stereocenters. The highest BCUT2D eigenvalue weighted by Gasteiger charge is 2.47. The Morgan fingerprint density at radius 2 is 1.81 bits per heavy atom. The second-order valence-corrected chi connectivity index (χ2v) is 7.99. The molecule has 148 valence electrons. The topological polar surface area (TPSA) is 61.4 Å². The lowest BCUT2D eigenvalue weighted by Crippen LogP contribution is -2.54. The van der Waals surface area contributed by atoms with Crippen LogP contribution in [-0.2, 0) is 4.79 Å². The van der Waals surface area contributed by atoms with Crippen molar-refractivity contribution in [2.24, 2.45) is 5.92 Å². The van der Waals surface area contributed by atoms with Crippen LogP contribution in [0.2, 0.25) is 0 Å². The Hall–Kier alpha value is -1.59. The van der Waals surface area contributed by atoms with Crippen LogP contribution in [0.1, 0.15) is 55.3 Å². The molecule has 5 nitrogen and oxygen atoms in total. The van der Waals surface area contributed by atoms with Gasteiger partial charge in [-0.05, 0) is 56.7 Å². The van der Waals surface area contributed by atoms with Crippen LogP contribution in [0, 0.1) is 5.92 Å². The fourth-order valence-corrected chi connectivity index (χ4v) is 4.99. The number of rotatable bonds is 3. The maximum absolute atomic E-state index is 13.2. The summed E-state index contributed by atoms with van der Waals surface area (Å²) < 4.78 is 0. The van der Waals surface area contributed by atoms with E-state index in [1.54, 1.807) is 0 Å². The minimum absolute atomic E-state index is 0. The van der Waals surface area contributed by atoms with Gasteiger partial charge < -0.3 is 15.5 Å². The highest BCUT2D eigenvalue weighted by Crippen LogP contribution is 2.40. The van der Waals surface area contributed by atoms with Crippen LogP contribution < -0.4 is 10.6 Å². The third-order valence-corrected chi connectivity index (χ3v) is 6.29. The Kier molecular flexibility index (Phi) is 6.77. The lowest BCUT2D eigenvalue weighted by atomic mass is 9.84. The number of carbonyl (C=O) groups excluding carboxylic acids is 2. The average molecular weight is 392 g/mol. The second-order valence-electron chi connectivity index (χ2n) is 7.99. The molecular weight excluding hydrogens is 362 g/mol. The maximum Gasteiger partial charge on any atom is 0.254 e. The lowest BCUT2D eigenvalue weighted by molar-refractivity contribution is -0.126. The first kappa shape index (κ1) is 20.2. The molecule has 0 radical (unpaired) electrons. The maximum atomic E-state index is 13.2. The summed E-state index contributed by atoms with van der Waals surface area (Å²) in [5, 5.41) is 6.56. The van der Waals surface area contributed by atoms with Gasteiger partial charge in [0.05, 0.1) is 0 Å². The molecule has 0 bridgehead atoms. The van der Waals surface area contributed by atoms with E-state index in [1.807, 2.05) is 35.2 Å². The number of hydrogen-bond donors (Lipinski definition) is 2.